The lowest BCUT2D eigenvalue weighted by Crippen LogP contribution is -2.46. The number of nitrogens with one attached hydrogen (secondary N) is 1. The quantitative estimate of drug-likeness (QED) is 0.616. The number of aromatic nitrogens is 1. The van der Waals surface area contributed by atoms with E-state index < -0.39 is 42.5 Å². The molecule has 1 aliphatic heterocycles. The number of nitrogens with zero attached hydrogens (tertiary/aromatic N) is 2. The van der Waals surface area contributed by atoms with Crippen molar-refractivity contribution in [2.75, 3.05) is 6.54 Å². The summed E-state index contributed by atoms with van der Waals surface area (Å²) in [6, 6.07) is 0.700. The van der Waals surface area contributed by atoms with Crippen LogP contribution in [0.15, 0.2) is 6.07 Å². The third kappa shape index (κ3) is 3.47. The Bertz CT molecular complexity index is 748. The van der Waals surface area contributed by atoms with Gasteiger partial charge in [-0.25, -0.2) is 4.79 Å². The second kappa shape index (κ2) is 6.77. The van der Waals surface area contributed by atoms with Gasteiger partial charge in [-0.3, -0.25) is 14.5 Å². The molecule has 0 saturated carbocycles. The smallest absolute Gasteiger partial charge is 0.339 e. The topological polar surface area (TPSA) is 71.4 Å². The van der Waals surface area contributed by atoms with Gasteiger partial charge in [0.05, 0.1) is 6.54 Å². The fourth-order valence-electron chi connectivity index (χ4n) is 3.28. The van der Waals surface area contributed by atoms with Crippen LogP contribution in [-0.4, -0.2) is 45.4 Å². The van der Waals surface area contributed by atoms with Gasteiger partial charge in [-0.15, -0.1) is 0 Å². The lowest BCUT2D eigenvalue weighted by atomic mass is 9.93. The third-order valence-electron chi connectivity index (χ3n) is 4.97. The number of imide groups is 1. The number of carbonyl (C=O) groups excluding carboxylic acids is 3. The standard InChI is InChI=1S/C17H22F3N3O3/c1-5-16(6-2)14(25)22(15(26)21-16)8-13(24)12-7-10(3)23(11(12)4)9-17(18,19)20/h7H,5-6,8-9H2,1-4H3,(H,21,26). The third-order valence-corrected chi connectivity index (χ3v) is 4.97. The Labute approximate surface area is 149 Å². The molecular weight excluding hydrogens is 351 g/mol. The number of rotatable bonds is 6. The first-order valence-corrected chi connectivity index (χ1v) is 8.36. The van der Waals surface area contributed by atoms with E-state index in [9.17, 15) is 27.6 Å². The number of halogens is 3. The fraction of sp³-hybridized carbons (Fsp3) is 0.588. The van der Waals surface area contributed by atoms with Crippen LogP contribution in [0.2, 0.25) is 0 Å². The van der Waals surface area contributed by atoms with Crippen molar-refractivity contribution in [1.29, 1.82) is 0 Å². The van der Waals surface area contributed by atoms with E-state index in [1.807, 2.05) is 0 Å². The van der Waals surface area contributed by atoms with E-state index in [1.54, 1.807) is 13.8 Å². The predicted octanol–water partition coefficient (Wildman–Crippen LogP) is 2.96. The number of hydrogen-bond donors (Lipinski definition) is 1. The van der Waals surface area contributed by atoms with Crippen molar-refractivity contribution in [3.63, 3.8) is 0 Å². The molecule has 0 unspecified atom stereocenters. The number of hydrogen-bond acceptors (Lipinski definition) is 3. The molecule has 1 saturated heterocycles. The van der Waals surface area contributed by atoms with Gasteiger partial charge in [-0.05, 0) is 32.8 Å². The van der Waals surface area contributed by atoms with Crippen LogP contribution in [0.3, 0.4) is 0 Å². The number of amides is 3. The normalized spacial score (nSPS) is 17.0. The zero-order chi connectivity index (χ0) is 19.9. The molecular formula is C17H22F3N3O3. The van der Waals surface area contributed by atoms with Gasteiger partial charge in [-0.2, -0.15) is 13.2 Å². The van der Waals surface area contributed by atoms with Crippen molar-refractivity contribution in [2.24, 2.45) is 0 Å². The van der Waals surface area contributed by atoms with E-state index in [0.29, 0.717) is 12.8 Å². The summed E-state index contributed by atoms with van der Waals surface area (Å²) in [4.78, 5) is 38.1. The van der Waals surface area contributed by atoms with Crippen LogP contribution in [0.25, 0.3) is 0 Å². The van der Waals surface area contributed by atoms with Crippen LogP contribution >= 0.6 is 0 Å². The maximum absolute atomic E-state index is 12.7. The van der Waals surface area contributed by atoms with E-state index in [-0.39, 0.29) is 17.0 Å². The Kier molecular flexibility index (Phi) is 5.21. The molecule has 0 spiro atoms. The summed E-state index contributed by atoms with van der Waals surface area (Å²) in [7, 11) is 0. The maximum Gasteiger partial charge on any atom is 0.406 e. The van der Waals surface area contributed by atoms with Crippen LogP contribution < -0.4 is 5.32 Å². The fourth-order valence-corrected chi connectivity index (χ4v) is 3.28. The Morgan fingerprint density at radius 2 is 1.77 bits per heavy atom. The van der Waals surface area contributed by atoms with E-state index in [0.717, 1.165) is 9.47 Å². The van der Waals surface area contributed by atoms with Crippen LogP contribution in [0.5, 0.6) is 0 Å². The highest BCUT2D eigenvalue weighted by molar-refractivity contribution is 6.11. The van der Waals surface area contributed by atoms with Gasteiger partial charge in [0, 0.05) is 17.0 Å². The van der Waals surface area contributed by atoms with Crippen molar-refractivity contribution < 1.29 is 27.6 Å². The zero-order valence-electron chi connectivity index (χ0n) is 15.2. The Hall–Kier alpha value is -2.32. The summed E-state index contributed by atoms with van der Waals surface area (Å²) in [5.74, 6) is -1.05. The van der Waals surface area contributed by atoms with Crippen LogP contribution in [0.1, 0.15) is 48.4 Å². The summed E-state index contributed by atoms with van der Waals surface area (Å²) in [6.07, 6.45) is -3.64. The number of carbonyl (C=O) groups is 3. The van der Waals surface area contributed by atoms with Crippen LogP contribution in [-0.2, 0) is 11.3 Å². The summed E-state index contributed by atoms with van der Waals surface area (Å²) >= 11 is 0. The summed E-state index contributed by atoms with van der Waals surface area (Å²) < 4.78 is 39.1. The Morgan fingerprint density at radius 1 is 1.19 bits per heavy atom. The lowest BCUT2D eigenvalue weighted by molar-refractivity contribution is -0.141. The molecule has 144 valence electrons. The number of Topliss-reactive ketones (excluding diaryl/α,β-unsaturated/α-hetero) is 1. The zero-order valence-corrected chi connectivity index (χ0v) is 15.2. The number of ketones is 1. The molecule has 1 fully saturated rings. The first-order chi connectivity index (χ1) is 12.0. The molecule has 3 amide bonds. The van der Waals surface area contributed by atoms with E-state index >= 15 is 0 Å². The van der Waals surface area contributed by atoms with Gasteiger partial charge < -0.3 is 9.88 Å². The van der Waals surface area contributed by atoms with Crippen molar-refractivity contribution in [3.8, 4) is 0 Å². The summed E-state index contributed by atoms with van der Waals surface area (Å²) in [6.45, 7) is 4.72. The minimum atomic E-state index is -4.42. The number of urea groups is 1. The van der Waals surface area contributed by atoms with Crippen molar-refractivity contribution >= 4 is 17.7 Å². The van der Waals surface area contributed by atoms with Gasteiger partial charge in [0.2, 0.25) is 0 Å². The number of aryl methyl sites for hydroxylation is 1. The molecule has 2 heterocycles. The van der Waals surface area contributed by atoms with Gasteiger partial charge in [0.1, 0.15) is 12.1 Å². The van der Waals surface area contributed by atoms with E-state index in [4.69, 9.17) is 0 Å². The minimum Gasteiger partial charge on any atom is -0.339 e. The van der Waals surface area contributed by atoms with Crippen LogP contribution in [0, 0.1) is 13.8 Å². The first kappa shape index (κ1) is 20.0. The molecule has 26 heavy (non-hydrogen) atoms. The van der Waals surface area contributed by atoms with Gasteiger partial charge in [-0.1, -0.05) is 13.8 Å². The lowest BCUT2D eigenvalue weighted by Gasteiger charge is -2.22. The summed E-state index contributed by atoms with van der Waals surface area (Å²) in [5.41, 5.74) is -0.492. The molecule has 9 heteroatoms. The highest BCUT2D eigenvalue weighted by atomic mass is 19.4. The average molecular weight is 373 g/mol. The average Bonchev–Trinajstić information content (AvgIpc) is 2.96. The molecule has 0 bridgehead atoms. The predicted molar refractivity (Wildman–Crippen MR) is 87.8 cm³/mol. The molecule has 1 aromatic heterocycles. The van der Waals surface area contributed by atoms with Crippen molar-refractivity contribution in [2.45, 2.75) is 58.8 Å². The molecule has 0 aliphatic carbocycles. The first-order valence-electron chi connectivity index (χ1n) is 8.36. The number of alkyl halides is 3. The molecule has 1 aliphatic rings. The second-order valence-corrected chi connectivity index (χ2v) is 6.52. The minimum absolute atomic E-state index is 0.0813. The molecule has 2 rings (SSSR count). The molecule has 0 aromatic carbocycles. The molecule has 0 radical (unpaired) electrons. The van der Waals surface area contributed by atoms with Crippen LogP contribution in [0.4, 0.5) is 18.0 Å². The summed E-state index contributed by atoms with van der Waals surface area (Å²) in [5, 5.41) is 2.62. The van der Waals surface area contributed by atoms with Gasteiger partial charge in [0.15, 0.2) is 5.78 Å². The van der Waals surface area contributed by atoms with Gasteiger partial charge in [0.25, 0.3) is 5.91 Å². The molecule has 1 aromatic rings. The van der Waals surface area contributed by atoms with Crippen molar-refractivity contribution in [3.05, 3.63) is 23.0 Å². The molecule has 6 nitrogen and oxygen atoms in total. The highest BCUT2D eigenvalue weighted by Crippen LogP contribution is 2.27. The van der Waals surface area contributed by atoms with Crippen molar-refractivity contribution in [1.82, 2.24) is 14.8 Å². The largest absolute Gasteiger partial charge is 0.406 e. The second-order valence-electron chi connectivity index (χ2n) is 6.52. The van der Waals surface area contributed by atoms with Gasteiger partial charge >= 0.3 is 12.2 Å². The monoisotopic (exact) mass is 373 g/mol. The Balaban J connectivity index is 2.25. The van der Waals surface area contributed by atoms with E-state index in [2.05, 4.69) is 5.32 Å². The van der Waals surface area contributed by atoms with E-state index in [1.165, 1.54) is 19.9 Å². The SMILES string of the molecule is CCC1(CC)NC(=O)N(CC(=O)c2cc(C)n(CC(F)(F)F)c2C)C1=O. The maximum atomic E-state index is 12.7. The Morgan fingerprint density at radius 3 is 2.23 bits per heavy atom. The highest BCUT2D eigenvalue weighted by Gasteiger charge is 2.49. The molecule has 1 N–H and O–H groups in total. The molecule has 0 atom stereocenters.